The van der Waals surface area contributed by atoms with Crippen molar-refractivity contribution < 1.29 is 4.74 Å². The maximum Gasteiger partial charge on any atom is 0.123 e. The molecule has 0 heterocycles. The van der Waals surface area contributed by atoms with E-state index in [1.54, 1.807) is 7.11 Å². The van der Waals surface area contributed by atoms with Gasteiger partial charge in [-0.3, -0.25) is 0 Å². The van der Waals surface area contributed by atoms with Crippen LogP contribution < -0.4 is 10.1 Å². The Morgan fingerprint density at radius 1 is 0.895 bits per heavy atom. The van der Waals surface area contributed by atoms with E-state index in [1.165, 1.54) is 22.3 Å². The molecule has 0 fully saturated rings. The summed E-state index contributed by atoms with van der Waals surface area (Å²) in [6.07, 6.45) is 0. The van der Waals surface area contributed by atoms with Crippen LogP contribution >= 0.6 is 0 Å². The minimum absolute atomic E-state index is 0.817. The Morgan fingerprint density at radius 3 is 2.26 bits per heavy atom. The van der Waals surface area contributed by atoms with Crippen LogP contribution in [0.5, 0.6) is 5.75 Å². The first-order valence-corrected chi connectivity index (χ1v) is 6.60. The highest BCUT2D eigenvalue weighted by Crippen LogP contribution is 2.17. The lowest BCUT2D eigenvalue weighted by molar-refractivity contribution is 0.407. The molecule has 0 atom stereocenters. The molecular formula is C17H21NO. The van der Waals surface area contributed by atoms with Crippen molar-refractivity contribution in [1.82, 2.24) is 5.32 Å². The Morgan fingerprint density at radius 2 is 1.58 bits per heavy atom. The zero-order valence-electron chi connectivity index (χ0n) is 11.9. The number of aryl methyl sites for hydroxylation is 2. The van der Waals surface area contributed by atoms with E-state index in [4.69, 9.17) is 4.74 Å². The molecule has 2 aromatic carbocycles. The summed E-state index contributed by atoms with van der Waals surface area (Å²) in [5, 5.41) is 3.49. The van der Waals surface area contributed by atoms with Crippen molar-refractivity contribution in [2.24, 2.45) is 0 Å². The molecule has 0 amide bonds. The largest absolute Gasteiger partial charge is 0.496 e. The predicted molar refractivity (Wildman–Crippen MR) is 79.5 cm³/mol. The molecule has 2 heteroatoms. The van der Waals surface area contributed by atoms with Gasteiger partial charge in [0.05, 0.1) is 7.11 Å². The molecular weight excluding hydrogens is 234 g/mol. The van der Waals surface area contributed by atoms with E-state index in [-0.39, 0.29) is 0 Å². The molecule has 0 saturated heterocycles. The lowest BCUT2D eigenvalue weighted by Gasteiger charge is -2.12. The second-order valence-corrected chi connectivity index (χ2v) is 4.79. The van der Waals surface area contributed by atoms with Crippen LogP contribution in [0.4, 0.5) is 0 Å². The maximum atomic E-state index is 5.36. The Bertz CT molecular complexity index is 528. The van der Waals surface area contributed by atoms with Gasteiger partial charge in [0.1, 0.15) is 5.75 Å². The summed E-state index contributed by atoms with van der Waals surface area (Å²) in [5.74, 6) is 0.941. The fourth-order valence-electron chi connectivity index (χ4n) is 2.30. The quantitative estimate of drug-likeness (QED) is 0.881. The van der Waals surface area contributed by atoms with E-state index in [0.717, 1.165) is 18.8 Å². The minimum Gasteiger partial charge on any atom is -0.496 e. The summed E-state index contributed by atoms with van der Waals surface area (Å²) in [4.78, 5) is 0. The molecule has 2 aromatic rings. The van der Waals surface area contributed by atoms with Crippen molar-refractivity contribution in [3.05, 3.63) is 64.7 Å². The fourth-order valence-corrected chi connectivity index (χ4v) is 2.30. The van der Waals surface area contributed by atoms with Crippen molar-refractivity contribution in [2.75, 3.05) is 7.11 Å². The lowest BCUT2D eigenvalue weighted by atomic mass is 10.0. The summed E-state index contributed by atoms with van der Waals surface area (Å²) in [5.41, 5.74) is 5.26. The molecule has 100 valence electrons. The van der Waals surface area contributed by atoms with Crippen LogP contribution in [0.1, 0.15) is 22.3 Å². The van der Waals surface area contributed by atoms with Crippen molar-refractivity contribution in [3.8, 4) is 5.75 Å². The standard InChI is InChI=1S/C17H21NO/c1-13-7-6-8-14(2)16(13)12-18-11-15-9-4-5-10-17(15)19-3/h4-10,18H,11-12H2,1-3H3. The SMILES string of the molecule is COc1ccccc1CNCc1c(C)cccc1C. The Labute approximate surface area is 115 Å². The monoisotopic (exact) mass is 255 g/mol. The fraction of sp³-hybridized carbons (Fsp3) is 0.294. The Balaban J connectivity index is 2.00. The number of ether oxygens (including phenoxy) is 1. The number of nitrogens with one attached hydrogen (secondary N) is 1. The van der Waals surface area contributed by atoms with Gasteiger partial charge in [-0.1, -0.05) is 36.4 Å². The molecule has 0 spiro atoms. The molecule has 1 N–H and O–H groups in total. The second-order valence-electron chi connectivity index (χ2n) is 4.79. The first-order chi connectivity index (χ1) is 9.22. The molecule has 0 aliphatic rings. The van der Waals surface area contributed by atoms with Gasteiger partial charge in [-0.15, -0.1) is 0 Å². The molecule has 0 radical (unpaired) electrons. The molecule has 0 unspecified atom stereocenters. The summed E-state index contributed by atoms with van der Waals surface area (Å²) in [7, 11) is 1.71. The first-order valence-electron chi connectivity index (χ1n) is 6.60. The average molecular weight is 255 g/mol. The molecule has 2 rings (SSSR count). The highest BCUT2D eigenvalue weighted by atomic mass is 16.5. The Kier molecular flexibility index (Phi) is 4.58. The van der Waals surface area contributed by atoms with Crippen LogP contribution in [-0.4, -0.2) is 7.11 Å². The van der Waals surface area contributed by atoms with E-state index in [2.05, 4.69) is 43.4 Å². The highest BCUT2D eigenvalue weighted by molar-refractivity contribution is 5.35. The molecule has 19 heavy (non-hydrogen) atoms. The van der Waals surface area contributed by atoms with Crippen molar-refractivity contribution in [1.29, 1.82) is 0 Å². The number of hydrogen-bond donors (Lipinski definition) is 1. The van der Waals surface area contributed by atoms with Crippen molar-refractivity contribution >= 4 is 0 Å². The maximum absolute atomic E-state index is 5.36. The van der Waals surface area contributed by atoms with Gasteiger partial charge in [-0.2, -0.15) is 0 Å². The smallest absolute Gasteiger partial charge is 0.123 e. The van der Waals surface area contributed by atoms with Crippen LogP contribution in [-0.2, 0) is 13.1 Å². The van der Waals surface area contributed by atoms with Crippen LogP contribution in [0.15, 0.2) is 42.5 Å². The summed E-state index contributed by atoms with van der Waals surface area (Å²) in [6.45, 7) is 6.02. The van der Waals surface area contributed by atoms with Crippen molar-refractivity contribution in [3.63, 3.8) is 0 Å². The van der Waals surface area contributed by atoms with Crippen molar-refractivity contribution in [2.45, 2.75) is 26.9 Å². The van der Waals surface area contributed by atoms with Gasteiger partial charge < -0.3 is 10.1 Å². The predicted octanol–water partition coefficient (Wildman–Crippen LogP) is 3.60. The number of benzene rings is 2. The Hall–Kier alpha value is -1.80. The zero-order chi connectivity index (χ0) is 13.7. The van der Waals surface area contributed by atoms with Gasteiger partial charge in [0, 0.05) is 18.7 Å². The van der Waals surface area contributed by atoms with E-state index >= 15 is 0 Å². The van der Waals surface area contributed by atoms with E-state index in [1.807, 2.05) is 18.2 Å². The highest BCUT2D eigenvalue weighted by Gasteiger charge is 2.04. The lowest BCUT2D eigenvalue weighted by Crippen LogP contribution is -2.15. The third-order valence-electron chi connectivity index (χ3n) is 3.45. The average Bonchev–Trinajstić information content (AvgIpc) is 2.42. The van der Waals surface area contributed by atoms with Gasteiger partial charge in [-0.05, 0) is 36.6 Å². The molecule has 0 bridgehead atoms. The molecule has 0 aliphatic carbocycles. The first kappa shape index (κ1) is 13.6. The molecule has 0 aliphatic heterocycles. The third-order valence-corrected chi connectivity index (χ3v) is 3.45. The van der Waals surface area contributed by atoms with E-state index in [9.17, 15) is 0 Å². The number of para-hydroxylation sites is 1. The van der Waals surface area contributed by atoms with Gasteiger partial charge in [0.2, 0.25) is 0 Å². The third kappa shape index (κ3) is 3.36. The molecule has 0 aromatic heterocycles. The summed E-state index contributed by atoms with van der Waals surface area (Å²) >= 11 is 0. The molecule has 2 nitrogen and oxygen atoms in total. The van der Waals surface area contributed by atoms with Crippen LogP contribution in [0.3, 0.4) is 0 Å². The van der Waals surface area contributed by atoms with Gasteiger partial charge in [0.25, 0.3) is 0 Å². The zero-order valence-corrected chi connectivity index (χ0v) is 11.9. The topological polar surface area (TPSA) is 21.3 Å². The minimum atomic E-state index is 0.817. The van der Waals surface area contributed by atoms with Crippen LogP contribution in [0, 0.1) is 13.8 Å². The van der Waals surface area contributed by atoms with Gasteiger partial charge in [-0.25, -0.2) is 0 Å². The summed E-state index contributed by atoms with van der Waals surface area (Å²) in [6, 6.07) is 14.5. The number of rotatable bonds is 5. The summed E-state index contributed by atoms with van der Waals surface area (Å²) < 4.78 is 5.36. The van der Waals surface area contributed by atoms with E-state index < -0.39 is 0 Å². The van der Waals surface area contributed by atoms with Gasteiger partial charge >= 0.3 is 0 Å². The number of hydrogen-bond acceptors (Lipinski definition) is 2. The van der Waals surface area contributed by atoms with Crippen LogP contribution in [0.2, 0.25) is 0 Å². The van der Waals surface area contributed by atoms with Gasteiger partial charge in [0.15, 0.2) is 0 Å². The van der Waals surface area contributed by atoms with E-state index in [0.29, 0.717) is 0 Å². The van der Waals surface area contributed by atoms with Crippen LogP contribution in [0.25, 0.3) is 0 Å². The second kappa shape index (κ2) is 6.39. The normalized spacial score (nSPS) is 10.5. The number of methoxy groups -OCH3 is 1. The molecule has 0 saturated carbocycles.